The zero-order valence-corrected chi connectivity index (χ0v) is 5.67. The highest BCUT2D eigenvalue weighted by Gasteiger charge is 2.01. The van der Waals surface area contributed by atoms with E-state index in [-0.39, 0.29) is 0 Å². The quantitative estimate of drug-likeness (QED) is 0.494. The first kappa shape index (κ1) is 6.46. The van der Waals surface area contributed by atoms with Gasteiger partial charge in [0.2, 0.25) is 0 Å². The molecule has 1 rings (SSSR count). The summed E-state index contributed by atoms with van der Waals surface area (Å²) in [5.41, 5.74) is 0. The summed E-state index contributed by atoms with van der Waals surface area (Å²) in [6, 6.07) is 0. The lowest BCUT2D eigenvalue weighted by molar-refractivity contribution is 0.108. The monoisotopic (exact) mass is 128 g/mol. The Morgan fingerprint density at radius 1 is 1.44 bits per heavy atom. The molecule has 1 atom stereocenters. The molecule has 9 heavy (non-hydrogen) atoms. The minimum Gasteiger partial charge on any atom is -0.498 e. The van der Waals surface area contributed by atoms with E-state index in [1.807, 2.05) is 0 Å². The van der Waals surface area contributed by atoms with Crippen LogP contribution in [0.1, 0.15) is 19.8 Å². The summed E-state index contributed by atoms with van der Waals surface area (Å²) in [7, 11) is 0. The van der Waals surface area contributed by atoms with Crippen LogP contribution in [0.2, 0.25) is 0 Å². The zero-order chi connectivity index (χ0) is 6.53. The molecule has 1 heterocycles. The van der Waals surface area contributed by atoms with E-state index in [1.54, 1.807) is 12.5 Å². The van der Waals surface area contributed by atoms with Gasteiger partial charge in [-0.05, 0) is 19.8 Å². The largest absolute Gasteiger partial charge is 0.498 e. The summed E-state index contributed by atoms with van der Waals surface area (Å²) in [4.78, 5) is 0. The summed E-state index contributed by atoms with van der Waals surface area (Å²) in [6.07, 6.45) is 5.75. The molecular weight excluding hydrogens is 116 g/mol. The maximum atomic E-state index is 5.18. The van der Waals surface area contributed by atoms with Gasteiger partial charge in [-0.2, -0.15) is 0 Å². The van der Waals surface area contributed by atoms with Crippen molar-refractivity contribution < 1.29 is 9.47 Å². The predicted octanol–water partition coefficient (Wildman–Crippen LogP) is 1.67. The van der Waals surface area contributed by atoms with Crippen LogP contribution in [0.15, 0.2) is 12.5 Å². The fourth-order valence-electron chi connectivity index (χ4n) is 0.796. The fourth-order valence-corrected chi connectivity index (χ4v) is 0.796. The molecule has 1 aliphatic heterocycles. The van der Waals surface area contributed by atoms with E-state index in [0.29, 0.717) is 6.10 Å². The van der Waals surface area contributed by atoms with E-state index < -0.39 is 0 Å². The summed E-state index contributed by atoms with van der Waals surface area (Å²) >= 11 is 0. The molecule has 0 aromatic carbocycles. The minimum absolute atomic E-state index is 0.352. The zero-order valence-electron chi connectivity index (χ0n) is 5.67. The Morgan fingerprint density at radius 3 is 3.22 bits per heavy atom. The molecule has 0 N–H and O–H groups in total. The van der Waals surface area contributed by atoms with Crippen LogP contribution in [0.4, 0.5) is 0 Å². The van der Waals surface area contributed by atoms with Crippen LogP contribution in [0.5, 0.6) is 0 Å². The third kappa shape index (κ3) is 2.40. The summed E-state index contributed by atoms with van der Waals surface area (Å²) in [5.74, 6) is 0. The van der Waals surface area contributed by atoms with Crippen LogP contribution < -0.4 is 0 Å². The number of rotatable bonds is 0. The van der Waals surface area contributed by atoms with Crippen molar-refractivity contribution in [3.05, 3.63) is 12.5 Å². The van der Waals surface area contributed by atoms with Gasteiger partial charge in [-0.25, -0.2) is 0 Å². The molecule has 0 saturated heterocycles. The summed E-state index contributed by atoms with van der Waals surface area (Å²) < 4.78 is 10.2. The van der Waals surface area contributed by atoms with Crippen LogP contribution in [0.25, 0.3) is 0 Å². The van der Waals surface area contributed by atoms with Crippen molar-refractivity contribution in [3.63, 3.8) is 0 Å². The van der Waals surface area contributed by atoms with Crippen LogP contribution in [-0.2, 0) is 9.47 Å². The van der Waals surface area contributed by atoms with Gasteiger partial charge in [0.1, 0.15) is 12.5 Å². The van der Waals surface area contributed by atoms with Gasteiger partial charge in [-0.3, -0.25) is 0 Å². The van der Waals surface area contributed by atoms with Crippen LogP contribution in [0, 0.1) is 0 Å². The van der Waals surface area contributed by atoms with E-state index in [0.717, 1.165) is 19.4 Å². The van der Waals surface area contributed by atoms with Gasteiger partial charge in [0.15, 0.2) is 0 Å². The van der Waals surface area contributed by atoms with Gasteiger partial charge in [-0.15, -0.1) is 0 Å². The van der Waals surface area contributed by atoms with Gasteiger partial charge in [0.05, 0.1) is 12.7 Å². The van der Waals surface area contributed by atoms with Crippen molar-refractivity contribution in [2.75, 3.05) is 6.61 Å². The third-order valence-electron chi connectivity index (χ3n) is 1.34. The lowest BCUT2D eigenvalue weighted by atomic mass is 10.2. The average molecular weight is 128 g/mol. The summed E-state index contributed by atoms with van der Waals surface area (Å²) in [5, 5.41) is 0. The first-order valence-corrected chi connectivity index (χ1v) is 3.31. The molecule has 0 radical (unpaired) electrons. The minimum atomic E-state index is 0.352. The molecule has 0 saturated carbocycles. The Bertz CT molecular complexity index is 99.1. The Hall–Kier alpha value is -0.660. The van der Waals surface area contributed by atoms with E-state index in [2.05, 4.69) is 6.92 Å². The molecule has 52 valence electrons. The Labute approximate surface area is 55.5 Å². The molecular formula is C7H12O2. The molecule has 0 amide bonds. The molecule has 1 unspecified atom stereocenters. The van der Waals surface area contributed by atoms with Crippen LogP contribution in [0.3, 0.4) is 0 Å². The Balaban J connectivity index is 2.28. The second kappa shape index (κ2) is 3.38. The molecule has 0 spiro atoms. The van der Waals surface area contributed by atoms with Crippen molar-refractivity contribution in [2.45, 2.75) is 25.9 Å². The normalized spacial score (nSPS) is 31.0. The summed E-state index contributed by atoms with van der Waals surface area (Å²) in [6.45, 7) is 2.89. The average Bonchev–Trinajstić information content (AvgIpc) is 1.79. The number of hydrogen-bond donors (Lipinski definition) is 0. The van der Waals surface area contributed by atoms with Crippen molar-refractivity contribution in [3.8, 4) is 0 Å². The van der Waals surface area contributed by atoms with Crippen molar-refractivity contribution in [1.29, 1.82) is 0 Å². The molecule has 1 aliphatic rings. The highest BCUT2D eigenvalue weighted by atomic mass is 16.5. The predicted molar refractivity (Wildman–Crippen MR) is 34.9 cm³/mol. The molecule has 0 aromatic heterocycles. The number of hydrogen-bond acceptors (Lipinski definition) is 2. The third-order valence-corrected chi connectivity index (χ3v) is 1.34. The van der Waals surface area contributed by atoms with Gasteiger partial charge in [0, 0.05) is 0 Å². The maximum absolute atomic E-state index is 5.18. The molecule has 2 nitrogen and oxygen atoms in total. The fraction of sp³-hybridized carbons (Fsp3) is 0.714. The van der Waals surface area contributed by atoms with E-state index in [9.17, 15) is 0 Å². The Kier molecular flexibility index (Phi) is 2.43. The van der Waals surface area contributed by atoms with Crippen LogP contribution >= 0.6 is 0 Å². The van der Waals surface area contributed by atoms with Crippen molar-refractivity contribution >= 4 is 0 Å². The molecule has 2 heteroatoms. The Morgan fingerprint density at radius 2 is 2.33 bits per heavy atom. The van der Waals surface area contributed by atoms with E-state index in [1.165, 1.54) is 0 Å². The second-order valence-electron chi connectivity index (χ2n) is 2.23. The lowest BCUT2D eigenvalue weighted by Crippen LogP contribution is -2.07. The highest BCUT2D eigenvalue weighted by Crippen LogP contribution is 2.04. The smallest absolute Gasteiger partial charge is 0.118 e. The molecule has 0 bridgehead atoms. The first-order valence-electron chi connectivity index (χ1n) is 3.31. The number of ether oxygens (including phenoxy) is 2. The SMILES string of the molecule is CC1CCCO/C=C\O1. The standard InChI is InChI=1S/C7H12O2/c1-7-3-2-4-8-5-6-9-7/h5-7H,2-4H2,1H3/b6-5-. The van der Waals surface area contributed by atoms with Crippen molar-refractivity contribution in [2.24, 2.45) is 0 Å². The van der Waals surface area contributed by atoms with Gasteiger partial charge in [0.25, 0.3) is 0 Å². The lowest BCUT2D eigenvalue weighted by Gasteiger charge is -2.13. The molecule has 0 aromatic rings. The highest BCUT2D eigenvalue weighted by molar-refractivity contribution is 4.66. The first-order chi connectivity index (χ1) is 4.39. The van der Waals surface area contributed by atoms with Crippen molar-refractivity contribution in [1.82, 2.24) is 0 Å². The van der Waals surface area contributed by atoms with E-state index >= 15 is 0 Å². The van der Waals surface area contributed by atoms with E-state index in [4.69, 9.17) is 9.47 Å². The topological polar surface area (TPSA) is 18.5 Å². The second-order valence-corrected chi connectivity index (χ2v) is 2.23. The van der Waals surface area contributed by atoms with Crippen LogP contribution in [-0.4, -0.2) is 12.7 Å². The molecule has 0 fully saturated rings. The maximum Gasteiger partial charge on any atom is 0.118 e. The van der Waals surface area contributed by atoms with Gasteiger partial charge >= 0.3 is 0 Å². The van der Waals surface area contributed by atoms with Gasteiger partial charge < -0.3 is 9.47 Å². The molecule has 0 aliphatic carbocycles. The van der Waals surface area contributed by atoms with Gasteiger partial charge in [-0.1, -0.05) is 0 Å².